The topological polar surface area (TPSA) is 64.9 Å². The molecule has 0 spiro atoms. The van der Waals surface area contributed by atoms with Gasteiger partial charge in [0.1, 0.15) is 0 Å². The number of aryl methyl sites for hydroxylation is 1. The molecule has 0 saturated heterocycles. The molecule has 1 saturated carbocycles. The van der Waals surface area contributed by atoms with Crippen LogP contribution >= 0.6 is 0 Å². The fraction of sp³-hybridized carbons (Fsp3) is 0.529. The molecule has 1 fully saturated rings. The molecule has 1 aliphatic rings. The Morgan fingerprint density at radius 1 is 1.10 bits per heavy atom. The zero-order valence-electron chi connectivity index (χ0n) is 12.4. The van der Waals surface area contributed by atoms with E-state index in [1.54, 1.807) is 0 Å². The lowest BCUT2D eigenvalue weighted by Crippen LogP contribution is -2.07. The van der Waals surface area contributed by atoms with Crippen molar-refractivity contribution in [2.45, 2.75) is 51.5 Å². The monoisotopic (exact) mass is 285 g/mol. The SMILES string of the molecule is NCc1ccc(-c2noc(CCC3CCCCC3)n2)cc1. The second kappa shape index (κ2) is 6.85. The Bertz CT molecular complexity index is 556. The molecule has 21 heavy (non-hydrogen) atoms. The Morgan fingerprint density at radius 3 is 2.57 bits per heavy atom. The Labute approximate surface area is 125 Å². The molecule has 2 aromatic rings. The summed E-state index contributed by atoms with van der Waals surface area (Å²) in [4.78, 5) is 4.51. The van der Waals surface area contributed by atoms with Gasteiger partial charge in [0, 0.05) is 18.5 Å². The summed E-state index contributed by atoms with van der Waals surface area (Å²) in [6.45, 7) is 0.555. The van der Waals surface area contributed by atoms with Gasteiger partial charge in [-0.1, -0.05) is 61.5 Å². The van der Waals surface area contributed by atoms with E-state index in [1.807, 2.05) is 24.3 Å². The molecule has 0 atom stereocenters. The summed E-state index contributed by atoms with van der Waals surface area (Å²) in [6, 6.07) is 8.01. The first-order chi connectivity index (χ1) is 10.3. The molecule has 4 heteroatoms. The molecular weight excluding hydrogens is 262 g/mol. The lowest BCUT2D eigenvalue weighted by Gasteiger charge is -2.20. The molecule has 3 rings (SSSR count). The van der Waals surface area contributed by atoms with E-state index in [2.05, 4.69) is 10.1 Å². The van der Waals surface area contributed by atoms with Gasteiger partial charge < -0.3 is 10.3 Å². The number of nitrogens with zero attached hydrogens (tertiary/aromatic N) is 2. The zero-order valence-corrected chi connectivity index (χ0v) is 12.4. The maximum absolute atomic E-state index is 5.60. The van der Waals surface area contributed by atoms with E-state index in [1.165, 1.54) is 38.5 Å². The largest absolute Gasteiger partial charge is 0.339 e. The van der Waals surface area contributed by atoms with E-state index in [9.17, 15) is 0 Å². The molecule has 1 heterocycles. The molecule has 112 valence electrons. The Hall–Kier alpha value is -1.68. The van der Waals surface area contributed by atoms with Crippen LogP contribution in [0.3, 0.4) is 0 Å². The third-order valence-electron chi connectivity index (χ3n) is 4.41. The van der Waals surface area contributed by atoms with Crippen molar-refractivity contribution < 1.29 is 4.52 Å². The molecule has 0 unspecified atom stereocenters. The number of rotatable bonds is 5. The summed E-state index contributed by atoms with van der Waals surface area (Å²) in [7, 11) is 0. The van der Waals surface area contributed by atoms with Crippen molar-refractivity contribution in [1.29, 1.82) is 0 Å². The van der Waals surface area contributed by atoms with Crippen molar-refractivity contribution in [2.24, 2.45) is 11.7 Å². The van der Waals surface area contributed by atoms with E-state index in [0.717, 1.165) is 29.4 Å². The van der Waals surface area contributed by atoms with Gasteiger partial charge in [0.15, 0.2) is 0 Å². The highest BCUT2D eigenvalue weighted by Crippen LogP contribution is 2.27. The van der Waals surface area contributed by atoms with Crippen LogP contribution in [0.25, 0.3) is 11.4 Å². The van der Waals surface area contributed by atoms with Crippen LogP contribution < -0.4 is 5.73 Å². The van der Waals surface area contributed by atoms with Crippen molar-refractivity contribution >= 4 is 0 Å². The van der Waals surface area contributed by atoms with Gasteiger partial charge >= 0.3 is 0 Å². The summed E-state index contributed by atoms with van der Waals surface area (Å²) < 4.78 is 5.38. The highest BCUT2D eigenvalue weighted by molar-refractivity contribution is 5.54. The van der Waals surface area contributed by atoms with Crippen molar-refractivity contribution in [3.05, 3.63) is 35.7 Å². The fourth-order valence-electron chi connectivity index (χ4n) is 3.07. The molecule has 0 aliphatic heterocycles. The van der Waals surface area contributed by atoms with Crippen LogP contribution in [0.5, 0.6) is 0 Å². The third kappa shape index (κ3) is 3.70. The summed E-state index contributed by atoms with van der Waals surface area (Å²) in [5.74, 6) is 2.29. The minimum absolute atomic E-state index is 0.555. The smallest absolute Gasteiger partial charge is 0.226 e. The van der Waals surface area contributed by atoms with Crippen molar-refractivity contribution in [2.75, 3.05) is 0 Å². The Kier molecular flexibility index (Phi) is 4.65. The van der Waals surface area contributed by atoms with Crippen LogP contribution in [-0.2, 0) is 13.0 Å². The number of hydrogen-bond donors (Lipinski definition) is 1. The molecule has 2 N–H and O–H groups in total. The van der Waals surface area contributed by atoms with E-state index in [4.69, 9.17) is 10.3 Å². The summed E-state index contributed by atoms with van der Waals surface area (Å²) in [6.07, 6.45) is 8.97. The maximum Gasteiger partial charge on any atom is 0.226 e. The van der Waals surface area contributed by atoms with Gasteiger partial charge in [-0.05, 0) is 17.9 Å². The van der Waals surface area contributed by atoms with E-state index < -0.39 is 0 Å². The van der Waals surface area contributed by atoms with E-state index in [0.29, 0.717) is 12.4 Å². The van der Waals surface area contributed by atoms with Gasteiger partial charge in [-0.25, -0.2) is 0 Å². The van der Waals surface area contributed by atoms with E-state index >= 15 is 0 Å². The van der Waals surface area contributed by atoms with Gasteiger partial charge in [0.2, 0.25) is 11.7 Å². The van der Waals surface area contributed by atoms with Crippen LogP contribution in [0.15, 0.2) is 28.8 Å². The first kappa shape index (κ1) is 14.3. The number of aromatic nitrogens is 2. The normalized spacial score (nSPS) is 16.2. The third-order valence-corrected chi connectivity index (χ3v) is 4.41. The van der Waals surface area contributed by atoms with Crippen molar-refractivity contribution in [1.82, 2.24) is 10.1 Å². The van der Waals surface area contributed by atoms with Crippen LogP contribution in [0.4, 0.5) is 0 Å². The van der Waals surface area contributed by atoms with Gasteiger partial charge in [-0.15, -0.1) is 0 Å². The average Bonchev–Trinajstić information content (AvgIpc) is 3.03. The molecule has 1 aliphatic carbocycles. The first-order valence-corrected chi connectivity index (χ1v) is 7.97. The van der Waals surface area contributed by atoms with Gasteiger partial charge in [0.25, 0.3) is 0 Å². The first-order valence-electron chi connectivity index (χ1n) is 7.97. The Balaban J connectivity index is 1.59. The number of hydrogen-bond acceptors (Lipinski definition) is 4. The van der Waals surface area contributed by atoms with Crippen molar-refractivity contribution in [3.63, 3.8) is 0 Å². The van der Waals surface area contributed by atoms with Gasteiger partial charge in [-0.3, -0.25) is 0 Å². The predicted molar refractivity (Wildman–Crippen MR) is 82.5 cm³/mol. The number of nitrogens with two attached hydrogens (primary N) is 1. The lowest BCUT2D eigenvalue weighted by molar-refractivity contribution is 0.315. The Morgan fingerprint density at radius 2 is 1.86 bits per heavy atom. The summed E-state index contributed by atoms with van der Waals surface area (Å²) >= 11 is 0. The van der Waals surface area contributed by atoms with Crippen LogP contribution in [-0.4, -0.2) is 10.1 Å². The lowest BCUT2D eigenvalue weighted by atomic mass is 9.86. The van der Waals surface area contributed by atoms with Crippen LogP contribution in [0.1, 0.15) is 50.0 Å². The van der Waals surface area contributed by atoms with Crippen LogP contribution in [0.2, 0.25) is 0 Å². The minimum Gasteiger partial charge on any atom is -0.339 e. The fourth-order valence-corrected chi connectivity index (χ4v) is 3.07. The average molecular weight is 285 g/mol. The molecule has 0 amide bonds. The summed E-state index contributed by atoms with van der Waals surface area (Å²) in [5.41, 5.74) is 7.70. The van der Waals surface area contributed by atoms with E-state index in [-0.39, 0.29) is 0 Å². The molecule has 1 aromatic carbocycles. The molecule has 4 nitrogen and oxygen atoms in total. The van der Waals surface area contributed by atoms with Gasteiger partial charge in [-0.2, -0.15) is 4.98 Å². The van der Waals surface area contributed by atoms with Crippen molar-refractivity contribution in [3.8, 4) is 11.4 Å². The number of benzene rings is 1. The zero-order chi connectivity index (χ0) is 14.5. The molecule has 0 radical (unpaired) electrons. The highest BCUT2D eigenvalue weighted by Gasteiger charge is 2.15. The summed E-state index contributed by atoms with van der Waals surface area (Å²) in [5, 5.41) is 4.09. The van der Waals surface area contributed by atoms with Gasteiger partial charge in [0.05, 0.1) is 0 Å². The quantitative estimate of drug-likeness (QED) is 0.909. The highest BCUT2D eigenvalue weighted by atomic mass is 16.5. The minimum atomic E-state index is 0.555. The molecule has 1 aromatic heterocycles. The van der Waals surface area contributed by atoms with Crippen LogP contribution in [0, 0.1) is 5.92 Å². The molecular formula is C17H23N3O. The second-order valence-electron chi connectivity index (χ2n) is 5.96. The maximum atomic E-state index is 5.60. The standard InChI is InChI=1S/C17H23N3O/c18-12-14-6-9-15(10-7-14)17-19-16(21-20-17)11-8-13-4-2-1-3-5-13/h6-7,9-10,13H,1-5,8,11-12,18H2. The molecule has 0 bridgehead atoms. The second-order valence-corrected chi connectivity index (χ2v) is 5.96. The predicted octanol–water partition coefficient (Wildman–Crippen LogP) is 3.71.